The molecule has 3 rings (SSSR count). The summed E-state index contributed by atoms with van der Waals surface area (Å²) < 4.78 is 42.2. The number of aromatic nitrogens is 3. The van der Waals surface area contributed by atoms with Crippen molar-refractivity contribution in [3.8, 4) is 17.4 Å². The highest BCUT2D eigenvalue weighted by Crippen LogP contribution is 2.32. The summed E-state index contributed by atoms with van der Waals surface area (Å²) in [6.07, 6.45) is -3.10. The zero-order valence-electron chi connectivity index (χ0n) is 12.6. The quantitative estimate of drug-likeness (QED) is 0.846. The number of pyridine rings is 1. The van der Waals surface area contributed by atoms with Crippen LogP contribution in [0.25, 0.3) is 11.5 Å². The van der Waals surface area contributed by atoms with Crippen molar-refractivity contribution in [3.05, 3.63) is 35.7 Å². The van der Waals surface area contributed by atoms with Gasteiger partial charge in [0.15, 0.2) is 5.82 Å². The number of carbonyl (C=O) groups is 1. The van der Waals surface area contributed by atoms with Gasteiger partial charge >= 0.3 is 12.1 Å². The first-order chi connectivity index (χ1) is 11.4. The fraction of sp³-hybridized carbons (Fsp3) is 0.333. The number of carbonyl (C=O) groups excluding carboxylic acids is 1. The second kappa shape index (κ2) is 6.16. The molecule has 0 fully saturated rings. The number of hydrogen-bond donors (Lipinski definition) is 1. The highest BCUT2D eigenvalue weighted by Gasteiger charge is 2.42. The Morgan fingerprint density at radius 1 is 1.33 bits per heavy atom. The van der Waals surface area contributed by atoms with Gasteiger partial charge in [-0.3, -0.25) is 4.98 Å². The Kier molecular flexibility index (Phi) is 4.18. The van der Waals surface area contributed by atoms with E-state index in [9.17, 15) is 18.0 Å². The minimum absolute atomic E-state index is 0.119. The van der Waals surface area contributed by atoms with E-state index >= 15 is 0 Å². The summed E-state index contributed by atoms with van der Waals surface area (Å²) >= 11 is 0. The van der Waals surface area contributed by atoms with Gasteiger partial charge in [0.05, 0.1) is 11.3 Å². The summed E-state index contributed by atoms with van der Waals surface area (Å²) in [4.78, 5) is 23.7. The van der Waals surface area contributed by atoms with Gasteiger partial charge in [0.1, 0.15) is 5.69 Å². The third kappa shape index (κ3) is 3.21. The Balaban J connectivity index is 2.09. The predicted octanol–water partition coefficient (Wildman–Crippen LogP) is 2.21. The van der Waals surface area contributed by atoms with Crippen LogP contribution in [0.4, 0.5) is 13.2 Å². The highest BCUT2D eigenvalue weighted by molar-refractivity contribution is 5.78. The summed E-state index contributed by atoms with van der Waals surface area (Å²) in [6, 6.07) is 4.69. The summed E-state index contributed by atoms with van der Waals surface area (Å²) in [7, 11) is 0. The van der Waals surface area contributed by atoms with E-state index in [1.807, 2.05) is 0 Å². The van der Waals surface area contributed by atoms with E-state index in [0.29, 0.717) is 29.9 Å². The van der Waals surface area contributed by atoms with Crippen LogP contribution < -0.4 is 10.1 Å². The van der Waals surface area contributed by atoms with Crippen LogP contribution in [0.15, 0.2) is 24.4 Å². The van der Waals surface area contributed by atoms with Crippen LogP contribution in [0.5, 0.6) is 5.88 Å². The molecule has 0 amide bonds. The Morgan fingerprint density at radius 3 is 2.79 bits per heavy atom. The van der Waals surface area contributed by atoms with E-state index in [-0.39, 0.29) is 17.7 Å². The molecule has 3 heterocycles. The van der Waals surface area contributed by atoms with Gasteiger partial charge in [-0.25, -0.2) is 9.78 Å². The molecule has 0 aromatic carbocycles. The zero-order valence-corrected chi connectivity index (χ0v) is 12.6. The van der Waals surface area contributed by atoms with E-state index in [0.717, 1.165) is 0 Å². The largest absolute Gasteiger partial charge is 0.491 e. The predicted molar refractivity (Wildman–Crippen MR) is 77.1 cm³/mol. The number of alkyl halides is 3. The van der Waals surface area contributed by atoms with Crippen LogP contribution in [0.2, 0.25) is 0 Å². The summed E-state index contributed by atoms with van der Waals surface area (Å²) in [5.74, 6) is -2.58. The lowest BCUT2D eigenvalue weighted by molar-refractivity contribution is -0.190. The van der Waals surface area contributed by atoms with Crippen molar-refractivity contribution in [3.63, 3.8) is 0 Å². The molecule has 2 aromatic heterocycles. The van der Waals surface area contributed by atoms with Crippen molar-refractivity contribution in [2.45, 2.75) is 25.6 Å². The molecular formula is C15H13F3N4O2. The number of hydrogen-bond acceptors (Lipinski definition) is 6. The van der Waals surface area contributed by atoms with Crippen molar-refractivity contribution in [2.75, 3.05) is 6.54 Å². The Bertz CT molecular complexity index is 765. The molecule has 1 aliphatic heterocycles. The van der Waals surface area contributed by atoms with E-state index in [1.54, 1.807) is 25.1 Å². The molecule has 126 valence electrons. The second-order valence-corrected chi connectivity index (χ2v) is 5.24. The zero-order chi connectivity index (χ0) is 17.3. The maximum Gasteiger partial charge on any atom is 0.491 e. The maximum absolute atomic E-state index is 12.5. The van der Waals surface area contributed by atoms with Crippen molar-refractivity contribution < 1.29 is 22.7 Å². The van der Waals surface area contributed by atoms with Crippen LogP contribution in [-0.4, -0.2) is 33.6 Å². The third-order valence-corrected chi connectivity index (χ3v) is 3.55. The number of halogens is 3. The highest BCUT2D eigenvalue weighted by atomic mass is 19.4. The number of fused-ring (bicyclic) bond motifs is 1. The third-order valence-electron chi connectivity index (χ3n) is 3.55. The smallest absolute Gasteiger partial charge is 0.400 e. The molecule has 0 bridgehead atoms. The van der Waals surface area contributed by atoms with Crippen LogP contribution in [0.3, 0.4) is 0 Å². The maximum atomic E-state index is 12.5. The van der Waals surface area contributed by atoms with Gasteiger partial charge in [0.2, 0.25) is 5.88 Å². The van der Waals surface area contributed by atoms with Gasteiger partial charge < -0.3 is 10.1 Å². The average molecular weight is 338 g/mol. The molecule has 1 atom stereocenters. The topological polar surface area (TPSA) is 77.0 Å². The fourth-order valence-corrected chi connectivity index (χ4v) is 2.46. The minimum atomic E-state index is -5.10. The Morgan fingerprint density at radius 2 is 2.12 bits per heavy atom. The monoisotopic (exact) mass is 338 g/mol. The van der Waals surface area contributed by atoms with Crippen LogP contribution in [-0.2, 0) is 11.2 Å². The summed E-state index contributed by atoms with van der Waals surface area (Å²) in [5.41, 5.74) is 1.29. The second-order valence-electron chi connectivity index (χ2n) is 5.24. The SMILES string of the molecule is CC1NCCc2nc(-c3ccccn3)nc(OC(=O)C(F)(F)F)c21. The van der Waals surface area contributed by atoms with E-state index in [1.165, 1.54) is 6.20 Å². The van der Waals surface area contributed by atoms with Crippen LogP contribution in [0, 0.1) is 0 Å². The lowest BCUT2D eigenvalue weighted by atomic mass is 10.0. The molecular weight excluding hydrogens is 325 g/mol. The molecule has 1 unspecified atom stereocenters. The number of nitrogens with one attached hydrogen (secondary N) is 1. The van der Waals surface area contributed by atoms with Crippen molar-refractivity contribution in [2.24, 2.45) is 0 Å². The molecule has 24 heavy (non-hydrogen) atoms. The lowest BCUT2D eigenvalue weighted by Gasteiger charge is -2.25. The van der Waals surface area contributed by atoms with Crippen LogP contribution in [0.1, 0.15) is 24.2 Å². The van der Waals surface area contributed by atoms with Gasteiger partial charge in [-0.2, -0.15) is 18.2 Å². The molecule has 1 N–H and O–H groups in total. The van der Waals surface area contributed by atoms with Crippen molar-refractivity contribution in [1.29, 1.82) is 0 Å². The molecule has 1 aliphatic rings. The van der Waals surface area contributed by atoms with Gasteiger partial charge in [-0.05, 0) is 19.1 Å². The number of ether oxygens (including phenoxy) is 1. The molecule has 9 heteroatoms. The first-order valence-corrected chi connectivity index (χ1v) is 7.21. The van der Waals surface area contributed by atoms with E-state index in [2.05, 4.69) is 25.0 Å². The van der Waals surface area contributed by atoms with Crippen molar-refractivity contribution in [1.82, 2.24) is 20.3 Å². The molecule has 6 nitrogen and oxygen atoms in total. The van der Waals surface area contributed by atoms with Crippen molar-refractivity contribution >= 4 is 5.97 Å². The van der Waals surface area contributed by atoms with E-state index in [4.69, 9.17) is 0 Å². The van der Waals surface area contributed by atoms with E-state index < -0.39 is 12.1 Å². The number of rotatable bonds is 2. The first kappa shape index (κ1) is 16.3. The lowest BCUT2D eigenvalue weighted by Crippen LogP contribution is -2.33. The summed E-state index contributed by atoms with van der Waals surface area (Å²) in [5, 5.41) is 3.08. The molecule has 0 spiro atoms. The minimum Gasteiger partial charge on any atom is -0.400 e. The number of esters is 1. The molecule has 2 aromatic rings. The summed E-state index contributed by atoms with van der Waals surface area (Å²) in [6.45, 7) is 2.35. The van der Waals surface area contributed by atoms with Crippen LogP contribution >= 0.6 is 0 Å². The molecule has 0 aliphatic carbocycles. The standard InChI is InChI=1S/C15H13F3N4O2/c1-8-11-9(5-7-19-8)21-12(10-4-2-3-6-20-10)22-13(11)24-14(23)15(16,17)18/h2-4,6,8,19H,5,7H2,1H3. The van der Waals surface area contributed by atoms with Gasteiger partial charge in [0, 0.05) is 25.2 Å². The van der Waals surface area contributed by atoms with Gasteiger partial charge in [-0.15, -0.1) is 0 Å². The Labute approximate surface area is 135 Å². The molecule has 0 saturated carbocycles. The average Bonchev–Trinajstić information content (AvgIpc) is 2.54. The normalized spacial score (nSPS) is 17.2. The first-order valence-electron chi connectivity index (χ1n) is 7.21. The van der Waals surface area contributed by atoms with Gasteiger partial charge in [0.25, 0.3) is 0 Å². The number of nitrogens with zero attached hydrogens (tertiary/aromatic N) is 3. The Hall–Kier alpha value is -2.55. The molecule has 0 saturated heterocycles. The fourth-order valence-electron chi connectivity index (χ4n) is 2.46. The molecule has 0 radical (unpaired) electrons. The van der Waals surface area contributed by atoms with Gasteiger partial charge in [-0.1, -0.05) is 6.07 Å².